The van der Waals surface area contributed by atoms with Crippen LogP contribution < -0.4 is 4.72 Å². The molecule has 0 spiro atoms. The summed E-state index contributed by atoms with van der Waals surface area (Å²) in [5, 5.41) is 0. The normalized spacial score (nSPS) is 22.6. The summed E-state index contributed by atoms with van der Waals surface area (Å²) in [6.07, 6.45) is 4.95. The van der Waals surface area contributed by atoms with E-state index in [0.717, 1.165) is 38.6 Å². The second kappa shape index (κ2) is 6.01. The Balaban J connectivity index is 1.82. The number of hydrogen-bond acceptors (Lipinski definition) is 3. The van der Waals surface area contributed by atoms with E-state index in [2.05, 4.69) is 4.72 Å². The zero-order valence-corrected chi connectivity index (χ0v) is 13.6. The van der Waals surface area contributed by atoms with Crippen LogP contribution in [-0.2, 0) is 10.0 Å². The Morgan fingerprint density at radius 3 is 2.68 bits per heavy atom. The zero-order valence-electron chi connectivity index (χ0n) is 12.8. The summed E-state index contributed by atoms with van der Waals surface area (Å²) < 4.78 is 27.2. The third kappa shape index (κ3) is 3.33. The molecule has 1 heterocycles. The van der Waals surface area contributed by atoms with E-state index >= 15 is 0 Å². The molecule has 0 radical (unpaired) electrons. The molecule has 1 saturated heterocycles. The van der Waals surface area contributed by atoms with E-state index < -0.39 is 10.0 Å². The number of nitrogens with one attached hydrogen (secondary N) is 1. The molecule has 1 aromatic rings. The van der Waals surface area contributed by atoms with E-state index in [0.29, 0.717) is 5.56 Å². The first-order chi connectivity index (χ1) is 10.5. The Kier molecular flexibility index (Phi) is 4.23. The maximum Gasteiger partial charge on any atom is 0.254 e. The summed E-state index contributed by atoms with van der Waals surface area (Å²) >= 11 is 0. The summed E-state index contributed by atoms with van der Waals surface area (Å²) in [4.78, 5) is 14.7. The van der Waals surface area contributed by atoms with Gasteiger partial charge >= 0.3 is 0 Å². The number of hydrogen-bond donors (Lipinski definition) is 1. The summed E-state index contributed by atoms with van der Waals surface area (Å²) in [6.45, 7) is 2.80. The molecular formula is C16H22N2O3S. The molecule has 0 aromatic heterocycles. The van der Waals surface area contributed by atoms with Crippen LogP contribution in [0.4, 0.5) is 0 Å². The monoisotopic (exact) mass is 322 g/mol. The Morgan fingerprint density at radius 1 is 1.23 bits per heavy atom. The van der Waals surface area contributed by atoms with Crippen molar-refractivity contribution in [3.05, 3.63) is 29.8 Å². The van der Waals surface area contributed by atoms with Gasteiger partial charge in [0.1, 0.15) is 0 Å². The summed E-state index contributed by atoms with van der Waals surface area (Å²) in [5.74, 6) is -0.0735. The van der Waals surface area contributed by atoms with Crippen LogP contribution in [0.2, 0.25) is 0 Å². The molecule has 1 atom stereocenters. The highest BCUT2D eigenvalue weighted by atomic mass is 32.2. The van der Waals surface area contributed by atoms with E-state index in [1.165, 1.54) is 6.07 Å². The summed E-state index contributed by atoms with van der Waals surface area (Å²) in [7, 11) is -3.52. The molecule has 0 bridgehead atoms. The second-order valence-electron chi connectivity index (χ2n) is 6.27. The van der Waals surface area contributed by atoms with E-state index in [1.807, 2.05) is 11.8 Å². The quantitative estimate of drug-likeness (QED) is 0.923. The van der Waals surface area contributed by atoms with Crippen LogP contribution in [0.1, 0.15) is 49.4 Å². The van der Waals surface area contributed by atoms with Gasteiger partial charge in [-0.05, 0) is 57.2 Å². The van der Waals surface area contributed by atoms with Gasteiger partial charge in [0.05, 0.1) is 4.90 Å². The highest BCUT2D eigenvalue weighted by Gasteiger charge is 2.29. The van der Waals surface area contributed by atoms with E-state index in [9.17, 15) is 13.2 Å². The van der Waals surface area contributed by atoms with Crippen LogP contribution in [0.15, 0.2) is 29.2 Å². The maximum atomic E-state index is 12.6. The predicted octanol–water partition coefficient (Wildman–Crippen LogP) is 2.14. The van der Waals surface area contributed by atoms with Gasteiger partial charge in [-0.25, -0.2) is 13.1 Å². The van der Waals surface area contributed by atoms with Crippen molar-refractivity contribution in [1.82, 2.24) is 9.62 Å². The van der Waals surface area contributed by atoms with Crippen LogP contribution in [0.5, 0.6) is 0 Å². The molecule has 120 valence electrons. The van der Waals surface area contributed by atoms with E-state index in [4.69, 9.17) is 0 Å². The summed E-state index contributed by atoms with van der Waals surface area (Å²) in [5.41, 5.74) is 0.451. The number of benzene rings is 1. The summed E-state index contributed by atoms with van der Waals surface area (Å²) in [6, 6.07) is 6.65. The number of amides is 1. The third-order valence-electron chi connectivity index (χ3n) is 4.35. The highest BCUT2D eigenvalue weighted by Crippen LogP contribution is 2.24. The largest absolute Gasteiger partial charge is 0.336 e. The van der Waals surface area contributed by atoms with Crippen molar-refractivity contribution >= 4 is 15.9 Å². The topological polar surface area (TPSA) is 66.5 Å². The average Bonchev–Trinajstić information content (AvgIpc) is 3.30. The lowest BCUT2D eigenvalue weighted by atomic mass is 10.0. The van der Waals surface area contributed by atoms with Gasteiger partial charge in [-0.3, -0.25) is 4.79 Å². The maximum absolute atomic E-state index is 12.6. The number of carbonyl (C=O) groups excluding carboxylic acids is 1. The van der Waals surface area contributed by atoms with Crippen LogP contribution in [0.25, 0.3) is 0 Å². The van der Waals surface area contributed by atoms with Gasteiger partial charge in [-0.1, -0.05) is 6.07 Å². The molecule has 1 N–H and O–H groups in total. The minimum atomic E-state index is -3.52. The molecule has 1 saturated carbocycles. The average molecular weight is 322 g/mol. The first kappa shape index (κ1) is 15.5. The van der Waals surface area contributed by atoms with Gasteiger partial charge in [0.2, 0.25) is 10.0 Å². The Morgan fingerprint density at radius 2 is 2.00 bits per heavy atom. The fraction of sp³-hybridized carbons (Fsp3) is 0.562. The van der Waals surface area contributed by atoms with Crippen LogP contribution >= 0.6 is 0 Å². The van der Waals surface area contributed by atoms with Crippen LogP contribution in [0, 0.1) is 0 Å². The molecule has 22 heavy (non-hydrogen) atoms. The van der Waals surface area contributed by atoms with Gasteiger partial charge in [0.15, 0.2) is 0 Å². The highest BCUT2D eigenvalue weighted by molar-refractivity contribution is 7.89. The van der Waals surface area contributed by atoms with E-state index in [1.54, 1.807) is 18.2 Å². The van der Waals surface area contributed by atoms with Crippen molar-refractivity contribution in [3.8, 4) is 0 Å². The Hall–Kier alpha value is -1.40. The Labute approximate surface area is 131 Å². The number of likely N-dealkylation sites (tertiary alicyclic amines) is 1. The predicted molar refractivity (Wildman–Crippen MR) is 84.1 cm³/mol. The van der Waals surface area contributed by atoms with Gasteiger partial charge in [-0.15, -0.1) is 0 Å². The molecule has 1 aliphatic heterocycles. The molecule has 1 aromatic carbocycles. The van der Waals surface area contributed by atoms with Crippen molar-refractivity contribution in [3.63, 3.8) is 0 Å². The molecule has 2 fully saturated rings. The minimum absolute atomic E-state index is 0.0616. The zero-order chi connectivity index (χ0) is 15.7. The molecule has 6 heteroatoms. The fourth-order valence-corrected chi connectivity index (χ4v) is 4.20. The van der Waals surface area contributed by atoms with E-state index in [-0.39, 0.29) is 22.9 Å². The third-order valence-corrected chi connectivity index (χ3v) is 5.87. The fourth-order valence-electron chi connectivity index (χ4n) is 2.85. The molecule has 3 rings (SSSR count). The smallest absolute Gasteiger partial charge is 0.254 e. The molecule has 2 aliphatic rings. The van der Waals surface area contributed by atoms with Gasteiger partial charge in [0, 0.05) is 24.2 Å². The van der Waals surface area contributed by atoms with Crippen molar-refractivity contribution in [2.75, 3.05) is 6.54 Å². The molecule has 1 aliphatic carbocycles. The van der Waals surface area contributed by atoms with Gasteiger partial charge in [0.25, 0.3) is 5.91 Å². The second-order valence-corrected chi connectivity index (χ2v) is 7.98. The first-order valence-electron chi connectivity index (χ1n) is 7.91. The lowest BCUT2D eigenvalue weighted by Gasteiger charge is -2.33. The SMILES string of the molecule is CC1CCCCN1C(=O)c1cccc(S(=O)(=O)NC2CC2)c1. The molecule has 5 nitrogen and oxygen atoms in total. The number of piperidine rings is 1. The lowest BCUT2D eigenvalue weighted by molar-refractivity contribution is 0.0635. The molecular weight excluding hydrogens is 300 g/mol. The van der Waals surface area contributed by atoms with Gasteiger partial charge < -0.3 is 4.90 Å². The van der Waals surface area contributed by atoms with Crippen LogP contribution in [-0.4, -0.2) is 37.9 Å². The first-order valence-corrected chi connectivity index (χ1v) is 9.39. The van der Waals surface area contributed by atoms with Crippen LogP contribution in [0.3, 0.4) is 0 Å². The minimum Gasteiger partial charge on any atom is -0.336 e. The number of carbonyl (C=O) groups is 1. The Bertz CT molecular complexity index is 668. The molecule has 1 amide bonds. The van der Waals surface area contributed by atoms with Gasteiger partial charge in [-0.2, -0.15) is 0 Å². The van der Waals surface area contributed by atoms with Crippen molar-refractivity contribution < 1.29 is 13.2 Å². The number of sulfonamides is 1. The lowest BCUT2D eigenvalue weighted by Crippen LogP contribution is -2.42. The standard InChI is InChI=1S/C16H22N2O3S/c1-12-5-2-3-10-18(12)16(19)13-6-4-7-15(11-13)22(20,21)17-14-8-9-14/h4,6-7,11-12,14,17H,2-3,5,8-10H2,1H3. The van der Waals surface area contributed by atoms with Crippen molar-refractivity contribution in [1.29, 1.82) is 0 Å². The van der Waals surface area contributed by atoms with Crippen molar-refractivity contribution in [2.24, 2.45) is 0 Å². The van der Waals surface area contributed by atoms with Crippen molar-refractivity contribution in [2.45, 2.75) is 56.0 Å². The molecule has 1 unspecified atom stereocenters. The number of rotatable bonds is 4. The number of nitrogens with zero attached hydrogens (tertiary/aromatic N) is 1.